The van der Waals surface area contributed by atoms with E-state index in [4.69, 9.17) is 0 Å². The van der Waals surface area contributed by atoms with Crippen molar-refractivity contribution < 1.29 is 0 Å². The first-order valence-corrected chi connectivity index (χ1v) is 5.20. The molecular formula is C10H12N6. The topological polar surface area (TPSA) is 59.7 Å². The maximum absolute atomic E-state index is 4.21. The van der Waals surface area contributed by atoms with Crippen molar-refractivity contribution in [2.24, 2.45) is 7.05 Å². The first kappa shape index (κ1) is 9.26. The van der Waals surface area contributed by atoms with E-state index in [2.05, 4.69) is 25.1 Å². The van der Waals surface area contributed by atoms with Crippen LogP contribution in [0.3, 0.4) is 0 Å². The van der Waals surface area contributed by atoms with Crippen molar-refractivity contribution in [1.29, 1.82) is 0 Å². The van der Waals surface area contributed by atoms with Crippen LogP contribution in [0.15, 0.2) is 24.8 Å². The fourth-order valence-corrected chi connectivity index (χ4v) is 1.92. The van der Waals surface area contributed by atoms with Gasteiger partial charge in [-0.25, -0.2) is 9.97 Å². The van der Waals surface area contributed by atoms with Crippen LogP contribution in [0.4, 0.5) is 5.95 Å². The van der Waals surface area contributed by atoms with E-state index in [1.807, 2.05) is 17.7 Å². The first-order chi connectivity index (χ1) is 7.84. The van der Waals surface area contributed by atoms with E-state index >= 15 is 0 Å². The standard InChI is InChI=1S/C10H12N6/c1-15-7-13-14-9(15)8-5-16(6-8)10-11-3-2-4-12-10/h2-4,7-8H,5-6H2,1H3. The number of hydrogen-bond acceptors (Lipinski definition) is 5. The summed E-state index contributed by atoms with van der Waals surface area (Å²) in [5.41, 5.74) is 0. The molecule has 1 aliphatic heterocycles. The highest BCUT2D eigenvalue weighted by atomic mass is 15.3. The van der Waals surface area contributed by atoms with Crippen molar-refractivity contribution in [1.82, 2.24) is 24.7 Å². The zero-order valence-corrected chi connectivity index (χ0v) is 8.98. The van der Waals surface area contributed by atoms with Crippen LogP contribution in [-0.4, -0.2) is 37.8 Å². The fraction of sp³-hybridized carbons (Fsp3) is 0.400. The molecule has 1 aliphatic rings. The molecule has 82 valence electrons. The van der Waals surface area contributed by atoms with E-state index in [0.717, 1.165) is 24.9 Å². The van der Waals surface area contributed by atoms with Gasteiger partial charge < -0.3 is 9.47 Å². The number of aryl methyl sites for hydroxylation is 1. The molecule has 6 heteroatoms. The van der Waals surface area contributed by atoms with E-state index in [9.17, 15) is 0 Å². The second-order valence-electron chi connectivity index (χ2n) is 3.95. The molecule has 1 saturated heterocycles. The molecule has 0 unspecified atom stereocenters. The van der Waals surface area contributed by atoms with Crippen LogP contribution < -0.4 is 4.90 Å². The lowest BCUT2D eigenvalue weighted by molar-refractivity contribution is 0.478. The smallest absolute Gasteiger partial charge is 0.225 e. The van der Waals surface area contributed by atoms with E-state index in [-0.39, 0.29) is 0 Å². The predicted molar refractivity (Wildman–Crippen MR) is 58.0 cm³/mol. The van der Waals surface area contributed by atoms with Gasteiger partial charge in [-0.05, 0) is 6.07 Å². The Balaban J connectivity index is 1.70. The monoisotopic (exact) mass is 216 g/mol. The van der Waals surface area contributed by atoms with Crippen molar-refractivity contribution in [3.63, 3.8) is 0 Å². The molecular weight excluding hydrogens is 204 g/mol. The van der Waals surface area contributed by atoms with Gasteiger partial charge in [0.2, 0.25) is 5.95 Å². The van der Waals surface area contributed by atoms with E-state index in [1.54, 1.807) is 18.7 Å². The first-order valence-electron chi connectivity index (χ1n) is 5.20. The molecule has 0 radical (unpaired) electrons. The molecule has 1 fully saturated rings. The summed E-state index contributed by atoms with van der Waals surface area (Å²) in [6, 6.07) is 1.82. The lowest BCUT2D eigenvalue weighted by atomic mass is 10.00. The van der Waals surface area contributed by atoms with Gasteiger partial charge in [0.15, 0.2) is 0 Å². The molecule has 0 N–H and O–H groups in total. The third kappa shape index (κ3) is 1.42. The van der Waals surface area contributed by atoms with Crippen LogP contribution in [-0.2, 0) is 7.05 Å². The normalized spacial score (nSPS) is 16.2. The van der Waals surface area contributed by atoms with E-state index < -0.39 is 0 Å². The summed E-state index contributed by atoms with van der Waals surface area (Å²) in [4.78, 5) is 10.6. The molecule has 0 aromatic carbocycles. The summed E-state index contributed by atoms with van der Waals surface area (Å²) in [5, 5.41) is 8.00. The molecule has 3 rings (SSSR count). The molecule has 3 heterocycles. The van der Waals surface area contributed by atoms with Gasteiger partial charge in [0.25, 0.3) is 0 Å². The van der Waals surface area contributed by atoms with E-state index in [0.29, 0.717) is 5.92 Å². The second-order valence-corrected chi connectivity index (χ2v) is 3.95. The van der Waals surface area contributed by atoms with Crippen LogP contribution in [0.1, 0.15) is 11.7 Å². The van der Waals surface area contributed by atoms with Gasteiger partial charge in [-0.2, -0.15) is 0 Å². The average Bonchev–Trinajstić information content (AvgIpc) is 2.65. The number of anilines is 1. The van der Waals surface area contributed by atoms with Gasteiger partial charge >= 0.3 is 0 Å². The average molecular weight is 216 g/mol. The number of aromatic nitrogens is 5. The van der Waals surface area contributed by atoms with Gasteiger partial charge in [0.05, 0.1) is 5.92 Å². The van der Waals surface area contributed by atoms with Gasteiger partial charge in [0, 0.05) is 32.5 Å². The lowest BCUT2D eigenvalue weighted by Crippen LogP contribution is -2.46. The van der Waals surface area contributed by atoms with Crippen molar-refractivity contribution >= 4 is 5.95 Å². The summed E-state index contributed by atoms with van der Waals surface area (Å²) in [6.07, 6.45) is 5.26. The van der Waals surface area contributed by atoms with Crippen LogP contribution in [0.25, 0.3) is 0 Å². The Hall–Kier alpha value is -1.98. The van der Waals surface area contributed by atoms with Gasteiger partial charge in [-0.3, -0.25) is 0 Å². The minimum Gasteiger partial charge on any atom is -0.339 e. The highest BCUT2D eigenvalue weighted by Gasteiger charge is 2.32. The van der Waals surface area contributed by atoms with E-state index in [1.165, 1.54) is 0 Å². The zero-order chi connectivity index (χ0) is 11.0. The third-order valence-electron chi connectivity index (χ3n) is 2.83. The number of hydrogen-bond donors (Lipinski definition) is 0. The molecule has 2 aromatic heterocycles. The van der Waals surface area contributed by atoms with Gasteiger partial charge in [0.1, 0.15) is 12.2 Å². The molecule has 16 heavy (non-hydrogen) atoms. The highest BCUT2D eigenvalue weighted by Crippen LogP contribution is 2.27. The fourth-order valence-electron chi connectivity index (χ4n) is 1.92. The minimum atomic E-state index is 0.441. The quantitative estimate of drug-likeness (QED) is 0.718. The Morgan fingerprint density at radius 1 is 1.25 bits per heavy atom. The SMILES string of the molecule is Cn1cnnc1C1CN(c2ncccn2)C1. The molecule has 0 atom stereocenters. The Morgan fingerprint density at radius 3 is 2.62 bits per heavy atom. The van der Waals surface area contributed by atoms with Crippen molar-refractivity contribution in [2.45, 2.75) is 5.92 Å². The Labute approximate surface area is 93.0 Å². The summed E-state index contributed by atoms with van der Waals surface area (Å²) in [6.45, 7) is 1.83. The minimum absolute atomic E-state index is 0.441. The molecule has 2 aromatic rings. The highest BCUT2D eigenvalue weighted by molar-refractivity contribution is 5.36. The van der Waals surface area contributed by atoms with Crippen LogP contribution in [0, 0.1) is 0 Å². The van der Waals surface area contributed by atoms with Crippen molar-refractivity contribution in [2.75, 3.05) is 18.0 Å². The molecule has 0 saturated carbocycles. The van der Waals surface area contributed by atoms with Crippen molar-refractivity contribution in [3.8, 4) is 0 Å². The molecule has 0 bridgehead atoms. The number of nitrogens with zero attached hydrogens (tertiary/aromatic N) is 6. The lowest BCUT2D eigenvalue weighted by Gasteiger charge is -2.38. The molecule has 0 aliphatic carbocycles. The summed E-state index contributed by atoms with van der Waals surface area (Å²) in [5.74, 6) is 2.27. The van der Waals surface area contributed by atoms with Crippen molar-refractivity contribution in [3.05, 3.63) is 30.6 Å². The molecule has 0 spiro atoms. The molecule has 6 nitrogen and oxygen atoms in total. The maximum Gasteiger partial charge on any atom is 0.225 e. The Bertz CT molecular complexity index is 473. The largest absolute Gasteiger partial charge is 0.339 e. The number of rotatable bonds is 2. The zero-order valence-electron chi connectivity index (χ0n) is 8.98. The second kappa shape index (κ2) is 3.55. The Morgan fingerprint density at radius 2 is 2.00 bits per heavy atom. The predicted octanol–water partition coefficient (Wildman–Crippen LogP) is 0.209. The molecule has 0 amide bonds. The van der Waals surface area contributed by atoms with Crippen LogP contribution in [0.2, 0.25) is 0 Å². The summed E-state index contributed by atoms with van der Waals surface area (Å²) >= 11 is 0. The Kier molecular flexibility index (Phi) is 2.05. The maximum atomic E-state index is 4.21. The van der Waals surface area contributed by atoms with Gasteiger partial charge in [-0.1, -0.05) is 0 Å². The van der Waals surface area contributed by atoms with Gasteiger partial charge in [-0.15, -0.1) is 10.2 Å². The van der Waals surface area contributed by atoms with Crippen LogP contribution >= 0.6 is 0 Å². The van der Waals surface area contributed by atoms with Crippen LogP contribution in [0.5, 0.6) is 0 Å². The summed E-state index contributed by atoms with van der Waals surface area (Å²) < 4.78 is 1.97. The third-order valence-corrected chi connectivity index (χ3v) is 2.83. The summed E-state index contributed by atoms with van der Waals surface area (Å²) in [7, 11) is 1.97.